The third kappa shape index (κ3) is 10.3. The highest BCUT2D eigenvalue weighted by Gasteiger charge is 2.36. The molecule has 1 fully saturated rings. The van der Waals surface area contributed by atoms with Crippen LogP contribution in [0.3, 0.4) is 0 Å². The van der Waals surface area contributed by atoms with Crippen molar-refractivity contribution in [3.8, 4) is 33.9 Å². The minimum Gasteiger partial charge on any atom is -0.444 e. The maximum atomic E-state index is 13.2. The molecule has 3 aromatic heterocycles. The zero-order valence-electron chi connectivity index (χ0n) is 32.2. The lowest BCUT2D eigenvalue weighted by molar-refractivity contribution is 0.0204. The Labute approximate surface area is 307 Å². The average molecular weight is 731 g/mol. The predicted octanol–water partition coefficient (Wildman–Crippen LogP) is 8.37. The van der Waals surface area contributed by atoms with E-state index in [0.29, 0.717) is 31.5 Å². The number of carbonyl (C=O) groups excluding carboxylic acids is 2. The second-order valence-electron chi connectivity index (χ2n) is 16.5. The highest BCUT2D eigenvalue weighted by atomic mass is 28.3. The number of aromatic amines is 1. The summed E-state index contributed by atoms with van der Waals surface area (Å²) in [7, 11) is -1.28. The molecule has 0 unspecified atom stereocenters. The van der Waals surface area contributed by atoms with E-state index < -0.39 is 25.4 Å². The summed E-state index contributed by atoms with van der Waals surface area (Å²) < 4.78 is 19.4. The second kappa shape index (κ2) is 15.6. The number of hydrogen-bond acceptors (Lipinski definition) is 9. The molecule has 2 N–H and O–H groups in total. The van der Waals surface area contributed by atoms with Crippen LogP contribution in [0.4, 0.5) is 9.59 Å². The molecule has 0 saturated carbocycles. The molecule has 0 bridgehead atoms. The van der Waals surface area contributed by atoms with Crippen molar-refractivity contribution < 1.29 is 23.8 Å². The number of ether oxygens (including phenoxy) is 3. The molecule has 280 valence electrons. The molecule has 1 aliphatic rings. The minimum atomic E-state index is -1.28. The standard InChI is InChI=1S/C38H54N8O5Si/c1-25(43-35(47)50-37(2,3)4)32-41-22-29(44-32)26-13-15-27(16-14-26)33-39-20-28(21-40-33)31-23-42-34(46(31)24-49-18-19-52(8,9)10)30-12-11-17-45(30)36(48)51-38(5,6)7/h13-16,20-23,25,30H,11-12,17-19,24H2,1-10H3,(H,41,44)(H,43,47)/t25-,30-/m0/s1. The van der Waals surface area contributed by atoms with Gasteiger partial charge in [-0.1, -0.05) is 43.9 Å². The van der Waals surface area contributed by atoms with Crippen LogP contribution in [0.2, 0.25) is 25.7 Å². The normalized spacial score (nSPS) is 15.8. The van der Waals surface area contributed by atoms with Gasteiger partial charge in [-0.2, -0.15) is 0 Å². The number of benzene rings is 1. The number of hydrogen-bond donors (Lipinski definition) is 2. The lowest BCUT2D eigenvalue weighted by Crippen LogP contribution is -2.37. The topological polar surface area (TPSA) is 149 Å². The molecule has 13 nitrogen and oxygen atoms in total. The lowest BCUT2D eigenvalue weighted by atomic mass is 10.1. The molecular formula is C38H54N8O5Si. The second-order valence-corrected chi connectivity index (χ2v) is 22.2. The van der Waals surface area contributed by atoms with Gasteiger partial charge in [0.15, 0.2) is 5.82 Å². The molecule has 1 aromatic carbocycles. The largest absolute Gasteiger partial charge is 0.444 e. The Bertz CT molecular complexity index is 1820. The van der Waals surface area contributed by atoms with E-state index in [1.54, 1.807) is 23.5 Å². The number of aromatic nitrogens is 6. The SMILES string of the molecule is C[C@H](NC(=O)OC(C)(C)C)c1ncc(-c2ccc(-c3ncc(-c4cnc([C@@H]5CCCN5C(=O)OC(C)(C)C)n4COCC[Si](C)(C)C)cn3)cc2)[nH]1. The summed E-state index contributed by atoms with van der Waals surface area (Å²) >= 11 is 0. The van der Waals surface area contributed by atoms with E-state index in [1.165, 1.54) is 0 Å². The Kier molecular flexibility index (Phi) is 11.6. The Morgan fingerprint density at radius 1 is 0.904 bits per heavy atom. The highest BCUT2D eigenvalue weighted by Crippen LogP contribution is 2.35. The van der Waals surface area contributed by atoms with Gasteiger partial charge in [0.25, 0.3) is 0 Å². The number of rotatable bonds is 11. The average Bonchev–Trinajstić information content (AvgIpc) is 3.81. The number of H-pyrrole nitrogens is 1. The van der Waals surface area contributed by atoms with Crippen LogP contribution in [0, 0.1) is 0 Å². The predicted molar refractivity (Wildman–Crippen MR) is 203 cm³/mol. The Morgan fingerprint density at radius 2 is 1.56 bits per heavy atom. The molecule has 52 heavy (non-hydrogen) atoms. The molecule has 1 aliphatic heterocycles. The molecule has 14 heteroatoms. The number of carbonyl (C=O) groups is 2. The first kappa shape index (κ1) is 38.7. The van der Waals surface area contributed by atoms with Gasteiger partial charge in [-0.3, -0.25) is 4.90 Å². The Morgan fingerprint density at radius 3 is 2.19 bits per heavy atom. The molecule has 0 radical (unpaired) electrons. The lowest BCUT2D eigenvalue weighted by Gasteiger charge is -2.29. The molecule has 1 saturated heterocycles. The fraction of sp³-hybridized carbons (Fsp3) is 0.526. The van der Waals surface area contributed by atoms with Crippen molar-refractivity contribution in [3.05, 3.63) is 60.7 Å². The minimum absolute atomic E-state index is 0.224. The molecule has 5 rings (SSSR count). The summed E-state index contributed by atoms with van der Waals surface area (Å²) in [5, 5.41) is 2.81. The van der Waals surface area contributed by atoms with Gasteiger partial charge >= 0.3 is 12.2 Å². The molecule has 2 atom stereocenters. The number of imidazole rings is 2. The van der Waals surface area contributed by atoms with Crippen LogP contribution in [-0.4, -0.2) is 79.0 Å². The van der Waals surface area contributed by atoms with Crippen LogP contribution in [0.5, 0.6) is 0 Å². The Hall–Kier alpha value is -4.56. The molecule has 0 spiro atoms. The van der Waals surface area contributed by atoms with Crippen LogP contribution >= 0.6 is 0 Å². The van der Waals surface area contributed by atoms with Gasteiger partial charge in [-0.25, -0.2) is 29.5 Å². The number of nitrogens with one attached hydrogen (secondary N) is 2. The maximum absolute atomic E-state index is 13.2. The van der Waals surface area contributed by atoms with Crippen LogP contribution in [0.25, 0.3) is 33.9 Å². The van der Waals surface area contributed by atoms with Crippen molar-refractivity contribution >= 4 is 20.3 Å². The summed E-state index contributed by atoms with van der Waals surface area (Å²) in [6, 6.07) is 8.35. The third-order valence-electron chi connectivity index (χ3n) is 8.42. The zero-order valence-corrected chi connectivity index (χ0v) is 33.2. The molecule has 4 aromatic rings. The summed E-state index contributed by atoms with van der Waals surface area (Å²) in [6.07, 6.45) is 7.99. The fourth-order valence-corrected chi connectivity index (χ4v) is 6.55. The van der Waals surface area contributed by atoms with Gasteiger partial charge in [0, 0.05) is 44.7 Å². The molecule has 2 amide bonds. The van der Waals surface area contributed by atoms with E-state index in [1.807, 2.05) is 83.5 Å². The monoisotopic (exact) mass is 730 g/mol. The quantitative estimate of drug-likeness (QED) is 0.115. The third-order valence-corrected chi connectivity index (χ3v) is 10.1. The first-order valence-corrected chi connectivity index (χ1v) is 21.7. The Balaban J connectivity index is 1.32. The summed E-state index contributed by atoms with van der Waals surface area (Å²) in [4.78, 5) is 49.2. The van der Waals surface area contributed by atoms with Crippen LogP contribution in [-0.2, 0) is 20.9 Å². The summed E-state index contributed by atoms with van der Waals surface area (Å²) in [6.45, 7) is 21.5. The van der Waals surface area contributed by atoms with E-state index in [2.05, 4.69) is 34.9 Å². The summed E-state index contributed by atoms with van der Waals surface area (Å²) in [5.74, 6) is 1.97. The first-order chi connectivity index (χ1) is 24.4. The first-order valence-electron chi connectivity index (χ1n) is 18.0. The fourth-order valence-electron chi connectivity index (χ4n) is 5.79. The molecular weight excluding hydrogens is 677 g/mol. The van der Waals surface area contributed by atoms with Crippen molar-refractivity contribution in [1.29, 1.82) is 0 Å². The van der Waals surface area contributed by atoms with Crippen LogP contribution in [0.1, 0.15) is 85.0 Å². The number of likely N-dealkylation sites (tertiary alicyclic amines) is 1. The van der Waals surface area contributed by atoms with Crippen LogP contribution in [0.15, 0.2) is 49.1 Å². The summed E-state index contributed by atoms with van der Waals surface area (Å²) in [5.41, 5.74) is 3.06. The van der Waals surface area contributed by atoms with Crippen LogP contribution < -0.4 is 5.32 Å². The van der Waals surface area contributed by atoms with E-state index in [-0.39, 0.29) is 18.2 Å². The van der Waals surface area contributed by atoms with Gasteiger partial charge in [-0.15, -0.1) is 0 Å². The van der Waals surface area contributed by atoms with Crippen molar-refractivity contribution in [2.75, 3.05) is 13.2 Å². The number of nitrogens with zero attached hydrogens (tertiary/aromatic N) is 6. The molecule has 4 heterocycles. The molecule has 0 aliphatic carbocycles. The van der Waals surface area contributed by atoms with Gasteiger partial charge < -0.3 is 29.1 Å². The van der Waals surface area contributed by atoms with E-state index in [0.717, 1.165) is 52.8 Å². The van der Waals surface area contributed by atoms with E-state index in [9.17, 15) is 9.59 Å². The highest BCUT2D eigenvalue weighted by molar-refractivity contribution is 6.76. The van der Waals surface area contributed by atoms with E-state index in [4.69, 9.17) is 29.2 Å². The van der Waals surface area contributed by atoms with Crippen molar-refractivity contribution in [3.63, 3.8) is 0 Å². The van der Waals surface area contributed by atoms with Gasteiger partial charge in [0.05, 0.1) is 35.9 Å². The smallest absolute Gasteiger partial charge is 0.410 e. The van der Waals surface area contributed by atoms with E-state index >= 15 is 0 Å². The number of alkyl carbamates (subject to hydrolysis) is 1. The zero-order chi connectivity index (χ0) is 37.8. The van der Waals surface area contributed by atoms with Gasteiger partial charge in [0.1, 0.15) is 29.6 Å². The van der Waals surface area contributed by atoms with Crippen molar-refractivity contribution in [1.82, 2.24) is 39.7 Å². The van der Waals surface area contributed by atoms with Crippen molar-refractivity contribution in [2.45, 2.75) is 117 Å². The maximum Gasteiger partial charge on any atom is 0.410 e. The van der Waals surface area contributed by atoms with Crippen molar-refractivity contribution in [2.24, 2.45) is 0 Å². The van der Waals surface area contributed by atoms with Gasteiger partial charge in [0.2, 0.25) is 0 Å². The van der Waals surface area contributed by atoms with Gasteiger partial charge in [-0.05, 0) is 72.9 Å². The number of amides is 2.